The zero-order chi connectivity index (χ0) is 18.2. The second-order valence-electron chi connectivity index (χ2n) is 5.49. The van der Waals surface area contributed by atoms with Crippen LogP contribution in [-0.2, 0) is 11.2 Å². The quantitative estimate of drug-likeness (QED) is 0.609. The fourth-order valence-electron chi connectivity index (χ4n) is 2.26. The molecule has 1 amide bonds. The second kappa shape index (κ2) is 9.05. The van der Waals surface area contributed by atoms with Crippen LogP contribution in [0.15, 0.2) is 63.9 Å². The minimum absolute atomic E-state index is 0.135. The maximum atomic E-state index is 12.0. The molecule has 1 N–H and O–H groups in total. The number of anilines is 1. The fourth-order valence-corrected chi connectivity index (χ4v) is 3.11. The molecule has 134 valence electrons. The Balaban J connectivity index is 1.43. The molecule has 0 unspecified atom stereocenters. The fraction of sp³-hybridized carbons (Fsp3) is 0.211. The summed E-state index contributed by atoms with van der Waals surface area (Å²) in [6.45, 7) is 0. The lowest BCUT2D eigenvalue weighted by Gasteiger charge is -2.03. The minimum Gasteiger partial charge on any atom is -0.497 e. The minimum atomic E-state index is -0.152. The first-order valence-electron chi connectivity index (χ1n) is 8.16. The molecule has 2 aromatic carbocycles. The summed E-state index contributed by atoms with van der Waals surface area (Å²) in [5.41, 5.74) is 1.07. The number of hydrogen-bond acceptors (Lipinski definition) is 6. The SMILES string of the molecule is COc1ccc(SCCC(=O)Nc2nnc(Cc3ccccc3)o2)cc1. The number of amides is 1. The monoisotopic (exact) mass is 369 g/mol. The summed E-state index contributed by atoms with van der Waals surface area (Å²) >= 11 is 1.60. The molecule has 1 heterocycles. The van der Waals surface area contributed by atoms with E-state index in [1.807, 2.05) is 54.6 Å². The zero-order valence-electron chi connectivity index (χ0n) is 14.3. The Labute approximate surface area is 156 Å². The van der Waals surface area contributed by atoms with Gasteiger partial charge in [-0.25, -0.2) is 0 Å². The third kappa shape index (κ3) is 5.35. The van der Waals surface area contributed by atoms with Crippen molar-refractivity contribution in [1.82, 2.24) is 10.2 Å². The van der Waals surface area contributed by atoms with Crippen molar-refractivity contribution in [3.8, 4) is 5.75 Å². The highest BCUT2D eigenvalue weighted by molar-refractivity contribution is 7.99. The highest BCUT2D eigenvalue weighted by Gasteiger charge is 2.10. The molecule has 6 nitrogen and oxygen atoms in total. The van der Waals surface area contributed by atoms with Gasteiger partial charge in [0.15, 0.2) is 0 Å². The van der Waals surface area contributed by atoms with Gasteiger partial charge in [0.2, 0.25) is 11.8 Å². The van der Waals surface area contributed by atoms with Gasteiger partial charge in [-0.2, -0.15) is 0 Å². The van der Waals surface area contributed by atoms with Crippen molar-refractivity contribution in [1.29, 1.82) is 0 Å². The predicted octanol–water partition coefficient (Wildman–Crippen LogP) is 3.79. The van der Waals surface area contributed by atoms with E-state index < -0.39 is 0 Å². The molecule has 0 aliphatic rings. The Bertz CT molecular complexity index is 835. The number of nitrogens with zero attached hydrogens (tertiary/aromatic N) is 2. The smallest absolute Gasteiger partial charge is 0.322 e. The standard InChI is InChI=1S/C19H19N3O3S/c1-24-15-7-9-16(10-8-15)26-12-11-17(23)20-19-22-21-18(25-19)13-14-5-3-2-4-6-14/h2-10H,11-13H2,1H3,(H,20,22,23). The molecule has 0 radical (unpaired) electrons. The number of methoxy groups -OCH3 is 1. The van der Waals surface area contributed by atoms with E-state index in [9.17, 15) is 4.79 Å². The second-order valence-corrected chi connectivity index (χ2v) is 6.65. The molecule has 26 heavy (non-hydrogen) atoms. The van der Waals surface area contributed by atoms with Crippen LogP contribution in [0, 0.1) is 0 Å². The van der Waals surface area contributed by atoms with E-state index in [0.29, 0.717) is 24.5 Å². The van der Waals surface area contributed by atoms with Crippen LogP contribution in [0.5, 0.6) is 5.75 Å². The van der Waals surface area contributed by atoms with Crippen LogP contribution in [0.1, 0.15) is 17.9 Å². The van der Waals surface area contributed by atoms with Crippen LogP contribution < -0.4 is 10.1 Å². The highest BCUT2D eigenvalue weighted by atomic mass is 32.2. The Morgan fingerprint density at radius 2 is 1.88 bits per heavy atom. The van der Waals surface area contributed by atoms with Gasteiger partial charge in [0.1, 0.15) is 5.75 Å². The van der Waals surface area contributed by atoms with Crippen molar-refractivity contribution in [2.45, 2.75) is 17.7 Å². The van der Waals surface area contributed by atoms with Crippen LogP contribution in [0.25, 0.3) is 0 Å². The summed E-state index contributed by atoms with van der Waals surface area (Å²) in [5.74, 6) is 1.79. The summed E-state index contributed by atoms with van der Waals surface area (Å²) in [7, 11) is 1.63. The molecule has 0 saturated heterocycles. The maximum Gasteiger partial charge on any atom is 0.322 e. The van der Waals surface area contributed by atoms with Crippen molar-refractivity contribution >= 4 is 23.7 Å². The molecule has 3 aromatic rings. The molecule has 0 aliphatic carbocycles. The number of thioether (sulfide) groups is 1. The van der Waals surface area contributed by atoms with E-state index in [0.717, 1.165) is 16.2 Å². The Morgan fingerprint density at radius 3 is 2.62 bits per heavy atom. The van der Waals surface area contributed by atoms with Crippen LogP contribution >= 0.6 is 11.8 Å². The van der Waals surface area contributed by atoms with Crippen LogP contribution in [-0.4, -0.2) is 29.0 Å². The van der Waals surface area contributed by atoms with E-state index in [1.54, 1.807) is 18.9 Å². The Hall–Kier alpha value is -2.80. The summed E-state index contributed by atoms with van der Waals surface area (Å²) in [4.78, 5) is 13.1. The molecule has 1 aromatic heterocycles. The van der Waals surface area contributed by atoms with Gasteiger partial charge in [-0.15, -0.1) is 16.9 Å². The van der Waals surface area contributed by atoms with Gasteiger partial charge in [0.05, 0.1) is 13.5 Å². The Kier molecular flexibility index (Phi) is 6.27. The van der Waals surface area contributed by atoms with Gasteiger partial charge >= 0.3 is 6.01 Å². The lowest BCUT2D eigenvalue weighted by atomic mass is 10.2. The molecular weight excluding hydrogens is 350 g/mol. The van der Waals surface area contributed by atoms with Crippen molar-refractivity contribution in [2.75, 3.05) is 18.2 Å². The van der Waals surface area contributed by atoms with E-state index in [-0.39, 0.29) is 11.9 Å². The van der Waals surface area contributed by atoms with Crippen LogP contribution in [0.2, 0.25) is 0 Å². The molecule has 3 rings (SSSR count). The first kappa shape index (κ1) is 18.0. The first-order chi connectivity index (χ1) is 12.7. The largest absolute Gasteiger partial charge is 0.497 e. The summed E-state index contributed by atoms with van der Waals surface area (Å²) in [6, 6.07) is 17.7. The average molecular weight is 369 g/mol. The van der Waals surface area contributed by atoms with Crippen molar-refractivity contribution < 1.29 is 13.9 Å². The lowest BCUT2D eigenvalue weighted by Crippen LogP contribution is -2.12. The van der Waals surface area contributed by atoms with Gasteiger partial charge in [0.25, 0.3) is 0 Å². The zero-order valence-corrected chi connectivity index (χ0v) is 15.2. The first-order valence-corrected chi connectivity index (χ1v) is 9.14. The number of ether oxygens (including phenoxy) is 1. The topological polar surface area (TPSA) is 77.2 Å². The predicted molar refractivity (Wildman–Crippen MR) is 101 cm³/mol. The number of rotatable bonds is 8. The Morgan fingerprint density at radius 1 is 1.12 bits per heavy atom. The third-order valence-electron chi connectivity index (χ3n) is 3.57. The number of aromatic nitrogens is 2. The summed E-state index contributed by atoms with van der Waals surface area (Å²) in [5, 5.41) is 10.5. The maximum absolute atomic E-state index is 12.0. The summed E-state index contributed by atoms with van der Waals surface area (Å²) in [6.07, 6.45) is 0.893. The molecule has 0 atom stereocenters. The van der Waals surface area contributed by atoms with E-state index >= 15 is 0 Å². The number of carbonyl (C=O) groups is 1. The number of benzene rings is 2. The van der Waals surface area contributed by atoms with Gasteiger partial charge in [-0.05, 0) is 29.8 Å². The number of nitrogens with one attached hydrogen (secondary N) is 1. The van der Waals surface area contributed by atoms with E-state index in [4.69, 9.17) is 9.15 Å². The van der Waals surface area contributed by atoms with Crippen LogP contribution in [0.4, 0.5) is 6.01 Å². The van der Waals surface area contributed by atoms with Gasteiger partial charge in [-0.3, -0.25) is 10.1 Å². The van der Waals surface area contributed by atoms with E-state index in [2.05, 4.69) is 15.5 Å². The molecule has 0 bridgehead atoms. The van der Waals surface area contributed by atoms with Crippen LogP contribution in [0.3, 0.4) is 0 Å². The average Bonchev–Trinajstić information content (AvgIpc) is 3.10. The highest BCUT2D eigenvalue weighted by Crippen LogP contribution is 2.22. The third-order valence-corrected chi connectivity index (χ3v) is 4.58. The molecule has 7 heteroatoms. The van der Waals surface area contributed by atoms with Crippen molar-refractivity contribution in [2.24, 2.45) is 0 Å². The van der Waals surface area contributed by atoms with Gasteiger partial charge in [0, 0.05) is 17.1 Å². The molecule has 0 aliphatic heterocycles. The van der Waals surface area contributed by atoms with Gasteiger partial charge < -0.3 is 9.15 Å². The molecule has 0 fully saturated rings. The molecule has 0 spiro atoms. The molecular formula is C19H19N3O3S. The van der Waals surface area contributed by atoms with E-state index in [1.165, 1.54) is 0 Å². The number of carbonyl (C=O) groups excluding carboxylic acids is 1. The normalized spacial score (nSPS) is 10.5. The summed E-state index contributed by atoms with van der Waals surface area (Å²) < 4.78 is 10.6. The van der Waals surface area contributed by atoms with Gasteiger partial charge in [-0.1, -0.05) is 35.4 Å². The number of hydrogen-bond donors (Lipinski definition) is 1. The molecule has 0 saturated carbocycles. The lowest BCUT2D eigenvalue weighted by molar-refractivity contribution is -0.115. The van der Waals surface area contributed by atoms with Crippen molar-refractivity contribution in [3.05, 3.63) is 66.1 Å². The van der Waals surface area contributed by atoms with Crippen molar-refractivity contribution in [3.63, 3.8) is 0 Å².